The fourth-order valence-electron chi connectivity index (χ4n) is 1.59. The Morgan fingerprint density at radius 2 is 2.38 bits per heavy atom. The van der Waals surface area contributed by atoms with Gasteiger partial charge in [0, 0.05) is 17.0 Å². The third-order valence-electron chi connectivity index (χ3n) is 2.30. The molecule has 16 heavy (non-hydrogen) atoms. The fraction of sp³-hybridized carbons (Fsp3) is 0.200. The van der Waals surface area contributed by atoms with Crippen LogP contribution in [0.15, 0.2) is 23.2 Å². The maximum atomic E-state index is 10.8. The third-order valence-corrected chi connectivity index (χ3v) is 2.87. The van der Waals surface area contributed by atoms with E-state index < -0.39 is 17.1 Å². The van der Waals surface area contributed by atoms with Gasteiger partial charge in [-0.1, -0.05) is 23.2 Å². The van der Waals surface area contributed by atoms with E-state index in [0.717, 1.165) is 12.0 Å². The number of hydrogen-bond donors (Lipinski definition) is 1. The predicted molar refractivity (Wildman–Crippen MR) is 60.0 cm³/mol. The van der Waals surface area contributed by atoms with Crippen molar-refractivity contribution < 1.29 is 13.6 Å². The first kappa shape index (κ1) is 11.0. The molecule has 0 amide bonds. The minimum atomic E-state index is -2.13. The summed E-state index contributed by atoms with van der Waals surface area (Å²) in [6.45, 7) is 0. The van der Waals surface area contributed by atoms with Gasteiger partial charge in [-0.25, -0.2) is 0 Å². The van der Waals surface area contributed by atoms with E-state index in [1.54, 1.807) is 18.2 Å². The average molecular weight is 237 g/mol. The van der Waals surface area contributed by atoms with E-state index in [4.69, 9.17) is 0 Å². The van der Waals surface area contributed by atoms with E-state index >= 15 is 0 Å². The Hall–Kier alpha value is -1.53. The summed E-state index contributed by atoms with van der Waals surface area (Å²) in [5.41, 5.74) is 2.14. The minimum Gasteiger partial charge on any atom is -0.772 e. The number of nitrogens with one attached hydrogen (secondary N) is 1. The van der Waals surface area contributed by atoms with Crippen LogP contribution in [0, 0.1) is 0 Å². The molecule has 84 valence electrons. The van der Waals surface area contributed by atoms with Crippen LogP contribution in [0.3, 0.4) is 0 Å². The highest BCUT2D eigenvalue weighted by Crippen LogP contribution is 2.28. The van der Waals surface area contributed by atoms with Crippen molar-refractivity contribution in [1.29, 1.82) is 0 Å². The number of carbonyl (C=O) groups is 1. The summed E-state index contributed by atoms with van der Waals surface area (Å²) >= 11 is -2.13. The summed E-state index contributed by atoms with van der Waals surface area (Å²) in [4.78, 5) is 14.7. The van der Waals surface area contributed by atoms with E-state index in [9.17, 15) is 13.6 Å². The molecule has 0 aromatic heterocycles. The maximum Gasteiger partial charge on any atom is 0.149 e. The Balaban J connectivity index is 2.37. The van der Waals surface area contributed by atoms with Gasteiger partial charge in [-0.3, -0.25) is 9.20 Å². The molecule has 0 bridgehead atoms. The Morgan fingerprint density at radius 1 is 1.56 bits per heavy atom. The van der Waals surface area contributed by atoms with Gasteiger partial charge in [-0.15, -0.1) is 0 Å². The van der Waals surface area contributed by atoms with Gasteiger partial charge in [0.1, 0.15) is 12.3 Å². The van der Waals surface area contributed by atoms with Crippen LogP contribution < -0.4 is 5.32 Å². The van der Waals surface area contributed by atoms with Crippen LogP contribution in [-0.4, -0.2) is 21.4 Å². The highest BCUT2D eigenvalue weighted by molar-refractivity contribution is 7.78. The molecule has 2 unspecified atom stereocenters. The van der Waals surface area contributed by atoms with Gasteiger partial charge < -0.3 is 14.7 Å². The van der Waals surface area contributed by atoms with Gasteiger partial charge in [-0.2, -0.15) is 0 Å². The zero-order valence-electron chi connectivity index (χ0n) is 8.25. The predicted octanol–water partition coefficient (Wildman–Crippen LogP) is 0.760. The number of aldehydes is 1. The molecule has 2 atom stereocenters. The van der Waals surface area contributed by atoms with Crippen molar-refractivity contribution in [2.45, 2.75) is 11.8 Å². The summed E-state index contributed by atoms with van der Waals surface area (Å²) in [6.07, 6.45) is 2.20. The smallest absolute Gasteiger partial charge is 0.149 e. The van der Waals surface area contributed by atoms with E-state index in [-0.39, 0.29) is 5.75 Å². The average Bonchev–Trinajstić information content (AvgIpc) is 2.27. The van der Waals surface area contributed by atoms with Crippen molar-refractivity contribution in [3.8, 4) is 0 Å². The second kappa shape index (κ2) is 4.54. The standard InChI is InChI=1S/C10H10N2O3S/c13-4-10-8-3-7(5-16(14)15)1-2-9(8)11-6-12-10/h1-4,6,10H,5H2,(H,11,12)(H,14,15)/p-1. The molecule has 0 saturated carbocycles. The minimum absolute atomic E-state index is 0.0530. The van der Waals surface area contributed by atoms with Crippen LogP contribution in [0.25, 0.3) is 0 Å². The second-order valence-electron chi connectivity index (χ2n) is 3.37. The lowest BCUT2D eigenvalue weighted by Gasteiger charge is -2.18. The SMILES string of the molecule is O=CC1N=CNc2ccc(CS(=O)[O-])cc21. The molecule has 0 aliphatic carbocycles. The van der Waals surface area contributed by atoms with E-state index in [1.807, 2.05) is 0 Å². The summed E-state index contributed by atoms with van der Waals surface area (Å²) in [5.74, 6) is -0.0530. The summed E-state index contributed by atoms with van der Waals surface area (Å²) in [5, 5.41) is 2.90. The number of carbonyl (C=O) groups excluding carboxylic acids is 1. The van der Waals surface area contributed by atoms with Crippen LogP contribution in [0.1, 0.15) is 17.2 Å². The number of rotatable bonds is 3. The van der Waals surface area contributed by atoms with Crippen molar-refractivity contribution in [1.82, 2.24) is 0 Å². The van der Waals surface area contributed by atoms with Crippen LogP contribution in [0.2, 0.25) is 0 Å². The molecule has 1 heterocycles. The molecule has 1 aliphatic heterocycles. The van der Waals surface area contributed by atoms with Crippen molar-refractivity contribution in [3.63, 3.8) is 0 Å². The zero-order chi connectivity index (χ0) is 11.5. The first-order valence-corrected chi connectivity index (χ1v) is 5.87. The molecule has 0 fully saturated rings. The normalized spacial score (nSPS) is 19.7. The lowest BCUT2D eigenvalue weighted by atomic mass is 10.0. The van der Waals surface area contributed by atoms with Crippen LogP contribution >= 0.6 is 0 Å². The first-order valence-electron chi connectivity index (χ1n) is 4.63. The number of anilines is 1. The Labute approximate surface area is 94.9 Å². The summed E-state index contributed by atoms with van der Waals surface area (Å²) in [6, 6.07) is 4.60. The van der Waals surface area contributed by atoms with Crippen LogP contribution in [0.4, 0.5) is 5.69 Å². The van der Waals surface area contributed by atoms with Gasteiger partial charge in [0.15, 0.2) is 0 Å². The van der Waals surface area contributed by atoms with Crippen molar-refractivity contribution >= 4 is 29.4 Å². The van der Waals surface area contributed by atoms with Crippen molar-refractivity contribution in [2.24, 2.45) is 4.99 Å². The Morgan fingerprint density at radius 3 is 3.06 bits per heavy atom. The molecular weight excluding hydrogens is 228 g/mol. The molecule has 1 aromatic rings. The van der Waals surface area contributed by atoms with Crippen molar-refractivity contribution in [2.75, 3.05) is 5.32 Å². The molecule has 0 spiro atoms. The van der Waals surface area contributed by atoms with E-state index in [0.29, 0.717) is 11.1 Å². The molecule has 1 N–H and O–H groups in total. The highest BCUT2D eigenvalue weighted by atomic mass is 32.2. The number of aliphatic imine (C=N–C) groups is 1. The molecule has 6 heteroatoms. The molecule has 1 aromatic carbocycles. The van der Waals surface area contributed by atoms with Crippen molar-refractivity contribution in [3.05, 3.63) is 29.3 Å². The third kappa shape index (κ3) is 2.17. The molecule has 1 aliphatic rings. The summed E-state index contributed by atoms with van der Waals surface area (Å²) < 4.78 is 21.1. The topological polar surface area (TPSA) is 81.6 Å². The van der Waals surface area contributed by atoms with Gasteiger partial charge in [0.25, 0.3) is 0 Å². The molecule has 0 radical (unpaired) electrons. The van der Waals surface area contributed by atoms with Gasteiger partial charge in [0.2, 0.25) is 0 Å². The largest absolute Gasteiger partial charge is 0.772 e. The Kier molecular flexibility index (Phi) is 3.12. The number of fused-ring (bicyclic) bond motifs is 1. The van der Waals surface area contributed by atoms with Crippen LogP contribution in [-0.2, 0) is 21.6 Å². The monoisotopic (exact) mass is 237 g/mol. The quantitative estimate of drug-likeness (QED) is 0.621. The summed E-state index contributed by atoms with van der Waals surface area (Å²) in [7, 11) is 0. The second-order valence-corrected chi connectivity index (χ2v) is 4.27. The first-order chi connectivity index (χ1) is 7.70. The molecule has 0 saturated heterocycles. The number of benzene rings is 1. The fourth-order valence-corrected chi connectivity index (χ4v) is 2.04. The van der Waals surface area contributed by atoms with Crippen LogP contribution in [0.5, 0.6) is 0 Å². The Bertz CT molecular complexity index is 473. The molecular formula is C10H9N2O3S-. The number of hydrogen-bond acceptors (Lipinski definition) is 5. The molecule has 5 nitrogen and oxygen atoms in total. The number of nitrogens with zero attached hydrogens (tertiary/aromatic N) is 1. The maximum absolute atomic E-state index is 10.8. The lowest BCUT2D eigenvalue weighted by molar-refractivity contribution is -0.108. The van der Waals surface area contributed by atoms with Gasteiger partial charge in [-0.05, 0) is 11.6 Å². The van der Waals surface area contributed by atoms with Gasteiger partial charge >= 0.3 is 0 Å². The highest BCUT2D eigenvalue weighted by Gasteiger charge is 2.16. The van der Waals surface area contributed by atoms with E-state index in [1.165, 1.54) is 6.34 Å². The van der Waals surface area contributed by atoms with E-state index in [2.05, 4.69) is 10.3 Å². The lowest BCUT2D eigenvalue weighted by Crippen LogP contribution is -2.11. The zero-order valence-corrected chi connectivity index (χ0v) is 9.07. The molecule has 2 rings (SSSR count). The van der Waals surface area contributed by atoms with Gasteiger partial charge in [0.05, 0.1) is 6.34 Å².